The first-order valence-corrected chi connectivity index (χ1v) is 4.99. The van der Waals surface area contributed by atoms with Crippen LogP contribution in [-0.2, 0) is 0 Å². The van der Waals surface area contributed by atoms with E-state index < -0.39 is 0 Å². The Balaban J connectivity index is 2.46. The summed E-state index contributed by atoms with van der Waals surface area (Å²) in [5.74, 6) is -0.353. The summed E-state index contributed by atoms with van der Waals surface area (Å²) in [5.41, 5.74) is 0.659. The number of pyridine rings is 1. The highest BCUT2D eigenvalue weighted by atomic mass is 35.5. The summed E-state index contributed by atoms with van der Waals surface area (Å²) in [7, 11) is 0. The van der Waals surface area contributed by atoms with Gasteiger partial charge in [-0.1, -0.05) is 11.6 Å². The molecular formula is C12H8ClNO2. The van der Waals surface area contributed by atoms with E-state index in [1.54, 1.807) is 12.1 Å². The summed E-state index contributed by atoms with van der Waals surface area (Å²) in [6, 6.07) is 7.54. The van der Waals surface area contributed by atoms with Crippen LogP contribution >= 0.6 is 11.6 Å². The van der Waals surface area contributed by atoms with Gasteiger partial charge in [0.2, 0.25) is 0 Å². The second-order valence-corrected chi connectivity index (χ2v) is 3.66. The number of halogens is 1. The van der Waals surface area contributed by atoms with Crippen LogP contribution in [0.1, 0.15) is 15.9 Å². The van der Waals surface area contributed by atoms with E-state index in [1.165, 1.54) is 30.6 Å². The molecule has 0 aliphatic carbocycles. The van der Waals surface area contributed by atoms with Crippen molar-refractivity contribution in [2.24, 2.45) is 0 Å². The van der Waals surface area contributed by atoms with Crippen LogP contribution in [0, 0.1) is 0 Å². The Morgan fingerprint density at radius 3 is 2.56 bits per heavy atom. The number of rotatable bonds is 2. The van der Waals surface area contributed by atoms with Gasteiger partial charge in [-0.3, -0.25) is 9.78 Å². The van der Waals surface area contributed by atoms with E-state index in [0.29, 0.717) is 10.6 Å². The summed E-state index contributed by atoms with van der Waals surface area (Å²) in [6.07, 6.45) is 3.05. The zero-order valence-electron chi connectivity index (χ0n) is 8.22. The third-order valence-corrected chi connectivity index (χ3v) is 2.38. The number of phenolic OH excluding ortho intramolecular Hbond substituents is 1. The van der Waals surface area contributed by atoms with Crippen molar-refractivity contribution in [1.29, 1.82) is 0 Å². The van der Waals surface area contributed by atoms with Crippen LogP contribution in [0.2, 0.25) is 5.02 Å². The van der Waals surface area contributed by atoms with Crippen molar-refractivity contribution < 1.29 is 9.90 Å². The molecule has 1 heterocycles. The molecule has 0 saturated heterocycles. The molecule has 0 aliphatic heterocycles. The van der Waals surface area contributed by atoms with Crippen molar-refractivity contribution in [3.8, 4) is 5.75 Å². The molecule has 0 unspecified atom stereocenters. The molecule has 0 fully saturated rings. The molecule has 0 atom stereocenters. The van der Waals surface area contributed by atoms with Gasteiger partial charge in [-0.15, -0.1) is 0 Å². The van der Waals surface area contributed by atoms with Gasteiger partial charge < -0.3 is 5.11 Å². The van der Waals surface area contributed by atoms with Crippen molar-refractivity contribution >= 4 is 17.4 Å². The van der Waals surface area contributed by atoms with E-state index in [1.807, 2.05) is 0 Å². The molecule has 0 spiro atoms. The molecule has 1 aromatic carbocycles. The van der Waals surface area contributed by atoms with Gasteiger partial charge in [0.25, 0.3) is 0 Å². The average Bonchev–Trinajstić information content (AvgIpc) is 2.32. The number of ketones is 1. The fourth-order valence-corrected chi connectivity index (χ4v) is 1.52. The Kier molecular flexibility index (Phi) is 2.88. The minimum Gasteiger partial charge on any atom is -0.507 e. The monoisotopic (exact) mass is 233 g/mol. The topological polar surface area (TPSA) is 50.2 Å². The molecule has 0 amide bonds. The maximum Gasteiger partial charge on any atom is 0.196 e. The quantitative estimate of drug-likeness (QED) is 0.812. The lowest BCUT2D eigenvalue weighted by Gasteiger charge is -2.03. The highest BCUT2D eigenvalue weighted by Crippen LogP contribution is 2.23. The Hall–Kier alpha value is -1.87. The van der Waals surface area contributed by atoms with Crippen molar-refractivity contribution in [3.63, 3.8) is 0 Å². The summed E-state index contributed by atoms with van der Waals surface area (Å²) in [6.45, 7) is 0. The van der Waals surface area contributed by atoms with Crippen LogP contribution in [0.3, 0.4) is 0 Å². The molecule has 0 bridgehead atoms. The number of hydrogen-bond acceptors (Lipinski definition) is 3. The maximum absolute atomic E-state index is 12.0. The lowest BCUT2D eigenvalue weighted by molar-refractivity contribution is 0.103. The second-order valence-electron chi connectivity index (χ2n) is 3.23. The first-order valence-electron chi connectivity index (χ1n) is 4.62. The lowest BCUT2D eigenvalue weighted by Crippen LogP contribution is -2.01. The van der Waals surface area contributed by atoms with Gasteiger partial charge in [0.05, 0.1) is 5.56 Å². The number of phenols is 1. The molecule has 0 saturated carbocycles. The number of nitrogens with zero attached hydrogens (tertiary/aromatic N) is 1. The Morgan fingerprint density at radius 2 is 1.88 bits per heavy atom. The molecular weight excluding hydrogens is 226 g/mol. The zero-order chi connectivity index (χ0) is 11.5. The molecule has 4 heteroatoms. The highest BCUT2D eigenvalue weighted by Gasteiger charge is 2.13. The molecule has 2 rings (SSSR count). The van der Waals surface area contributed by atoms with E-state index in [2.05, 4.69) is 4.98 Å². The predicted octanol–water partition coefficient (Wildman–Crippen LogP) is 2.67. The molecule has 3 nitrogen and oxygen atoms in total. The van der Waals surface area contributed by atoms with Gasteiger partial charge in [0, 0.05) is 23.0 Å². The molecule has 0 aliphatic rings. The van der Waals surface area contributed by atoms with Crippen molar-refractivity contribution in [2.45, 2.75) is 0 Å². The van der Waals surface area contributed by atoms with Crippen LogP contribution in [0.4, 0.5) is 0 Å². The molecule has 16 heavy (non-hydrogen) atoms. The third-order valence-electron chi connectivity index (χ3n) is 2.15. The van der Waals surface area contributed by atoms with Gasteiger partial charge in [-0.2, -0.15) is 0 Å². The standard InChI is InChI=1S/C12H8ClNO2/c13-9-1-2-11(15)10(7-9)12(16)8-3-5-14-6-4-8/h1-7,15H. The van der Waals surface area contributed by atoms with Crippen molar-refractivity contribution in [1.82, 2.24) is 4.98 Å². The normalized spacial score (nSPS) is 10.1. The van der Waals surface area contributed by atoms with Gasteiger partial charge in [0.15, 0.2) is 5.78 Å². The minimum atomic E-state index is -0.276. The van der Waals surface area contributed by atoms with E-state index in [0.717, 1.165) is 0 Å². The van der Waals surface area contributed by atoms with Gasteiger partial charge in [0.1, 0.15) is 5.75 Å². The summed E-state index contributed by atoms with van der Waals surface area (Å²) in [4.78, 5) is 15.8. The number of benzene rings is 1. The zero-order valence-corrected chi connectivity index (χ0v) is 8.98. The summed E-state index contributed by atoms with van der Waals surface area (Å²) >= 11 is 5.77. The molecule has 0 radical (unpaired) electrons. The van der Waals surface area contributed by atoms with E-state index >= 15 is 0 Å². The van der Waals surface area contributed by atoms with E-state index in [-0.39, 0.29) is 17.1 Å². The second kappa shape index (κ2) is 4.33. The Labute approximate surface area is 97.3 Å². The minimum absolute atomic E-state index is 0.0776. The van der Waals surface area contributed by atoms with Crippen LogP contribution in [0.15, 0.2) is 42.7 Å². The summed E-state index contributed by atoms with van der Waals surface area (Å²) in [5, 5.41) is 9.98. The third kappa shape index (κ3) is 2.04. The first-order chi connectivity index (χ1) is 7.68. The number of aromatic hydroxyl groups is 1. The van der Waals surface area contributed by atoms with Crippen LogP contribution in [-0.4, -0.2) is 15.9 Å². The van der Waals surface area contributed by atoms with Gasteiger partial charge in [-0.25, -0.2) is 0 Å². The predicted molar refractivity (Wildman–Crippen MR) is 60.8 cm³/mol. The fourth-order valence-electron chi connectivity index (χ4n) is 1.35. The van der Waals surface area contributed by atoms with Gasteiger partial charge in [-0.05, 0) is 30.3 Å². The van der Waals surface area contributed by atoms with Gasteiger partial charge >= 0.3 is 0 Å². The first kappa shape index (κ1) is 10.6. The lowest BCUT2D eigenvalue weighted by atomic mass is 10.0. The van der Waals surface area contributed by atoms with Crippen LogP contribution in [0.5, 0.6) is 5.75 Å². The molecule has 80 valence electrons. The molecule has 1 aromatic heterocycles. The largest absolute Gasteiger partial charge is 0.507 e. The van der Waals surface area contributed by atoms with Crippen LogP contribution < -0.4 is 0 Å². The maximum atomic E-state index is 12.0. The molecule has 1 N–H and O–H groups in total. The number of hydrogen-bond donors (Lipinski definition) is 1. The average molecular weight is 234 g/mol. The highest BCUT2D eigenvalue weighted by molar-refractivity contribution is 6.31. The number of carbonyl (C=O) groups excluding carboxylic acids is 1. The molecule has 2 aromatic rings. The Bertz CT molecular complexity index is 526. The number of carbonyl (C=O) groups is 1. The van der Waals surface area contributed by atoms with E-state index in [9.17, 15) is 9.90 Å². The number of aromatic nitrogens is 1. The Morgan fingerprint density at radius 1 is 1.19 bits per heavy atom. The fraction of sp³-hybridized carbons (Fsp3) is 0. The van der Waals surface area contributed by atoms with Crippen molar-refractivity contribution in [2.75, 3.05) is 0 Å². The SMILES string of the molecule is O=C(c1ccncc1)c1cc(Cl)ccc1O. The van der Waals surface area contributed by atoms with E-state index in [4.69, 9.17) is 11.6 Å². The van der Waals surface area contributed by atoms with Crippen LogP contribution in [0.25, 0.3) is 0 Å². The van der Waals surface area contributed by atoms with Crippen molar-refractivity contribution in [3.05, 3.63) is 58.9 Å². The summed E-state index contributed by atoms with van der Waals surface area (Å²) < 4.78 is 0. The smallest absolute Gasteiger partial charge is 0.196 e.